The van der Waals surface area contributed by atoms with Gasteiger partial charge in [-0.2, -0.15) is 0 Å². The van der Waals surface area contributed by atoms with E-state index in [1.54, 1.807) is 0 Å². The number of halogens is 1. The lowest BCUT2D eigenvalue weighted by atomic mass is 9.65. The third kappa shape index (κ3) is 1.94. The van der Waals surface area contributed by atoms with Gasteiger partial charge in [-0.15, -0.1) is 0 Å². The summed E-state index contributed by atoms with van der Waals surface area (Å²) in [5.74, 6) is 0.760. The van der Waals surface area contributed by atoms with Crippen LogP contribution in [0.25, 0.3) is 0 Å². The van der Waals surface area contributed by atoms with Crippen LogP contribution in [-0.4, -0.2) is 26.3 Å². The lowest BCUT2D eigenvalue weighted by Crippen LogP contribution is -2.55. The molecule has 0 spiro atoms. The molecular weight excluding hydrogens is 278 g/mol. The first kappa shape index (κ1) is 11.7. The molecule has 0 aromatic heterocycles. The van der Waals surface area contributed by atoms with Crippen molar-refractivity contribution in [1.82, 2.24) is 5.32 Å². The largest absolute Gasteiger partial charge is 0.379 e. The summed E-state index contributed by atoms with van der Waals surface area (Å²) in [7, 11) is 0. The highest BCUT2D eigenvalue weighted by molar-refractivity contribution is 9.10. The van der Waals surface area contributed by atoms with Crippen LogP contribution in [0, 0.1) is 5.92 Å². The summed E-state index contributed by atoms with van der Waals surface area (Å²) >= 11 is 3.70. The van der Waals surface area contributed by atoms with E-state index in [1.165, 1.54) is 22.9 Å². The second-order valence-electron chi connectivity index (χ2n) is 5.15. The number of hydrogen-bond acceptors (Lipinski definition) is 2. The Bertz CT molecular complexity index is 397. The van der Waals surface area contributed by atoms with E-state index in [9.17, 15) is 0 Å². The molecule has 2 aliphatic heterocycles. The van der Waals surface area contributed by atoms with Crippen molar-refractivity contribution >= 4 is 15.9 Å². The van der Waals surface area contributed by atoms with Gasteiger partial charge in [0.05, 0.1) is 13.2 Å². The van der Waals surface area contributed by atoms with Crippen LogP contribution in [0.3, 0.4) is 0 Å². The van der Waals surface area contributed by atoms with Crippen molar-refractivity contribution in [3.05, 3.63) is 34.3 Å². The molecule has 0 bridgehead atoms. The van der Waals surface area contributed by atoms with Crippen LogP contribution in [0.2, 0.25) is 0 Å². The molecule has 1 aromatic rings. The highest BCUT2D eigenvalue weighted by Gasteiger charge is 2.47. The van der Waals surface area contributed by atoms with Gasteiger partial charge in [-0.1, -0.05) is 34.1 Å². The van der Waals surface area contributed by atoms with E-state index >= 15 is 0 Å². The monoisotopic (exact) mass is 295 g/mol. The summed E-state index contributed by atoms with van der Waals surface area (Å²) in [6.45, 7) is 4.08. The SMILES string of the molecule is Brc1ccccc1C1(C2CCNCC2)COC1. The fourth-order valence-electron chi connectivity index (χ4n) is 3.17. The van der Waals surface area contributed by atoms with E-state index < -0.39 is 0 Å². The Hall–Kier alpha value is -0.380. The number of ether oxygens (including phenoxy) is 1. The van der Waals surface area contributed by atoms with E-state index in [2.05, 4.69) is 45.5 Å². The molecule has 17 heavy (non-hydrogen) atoms. The second-order valence-corrected chi connectivity index (χ2v) is 6.01. The first-order valence-electron chi connectivity index (χ1n) is 6.36. The predicted molar refractivity (Wildman–Crippen MR) is 72.2 cm³/mol. The molecule has 3 heteroatoms. The molecule has 2 saturated heterocycles. The lowest BCUT2D eigenvalue weighted by molar-refractivity contribution is -0.0967. The van der Waals surface area contributed by atoms with Crippen LogP contribution >= 0.6 is 15.9 Å². The predicted octanol–water partition coefficient (Wildman–Crippen LogP) is 2.72. The summed E-state index contributed by atoms with van der Waals surface area (Å²) < 4.78 is 6.80. The third-order valence-electron chi connectivity index (χ3n) is 4.25. The van der Waals surface area contributed by atoms with Crippen LogP contribution in [-0.2, 0) is 10.2 Å². The Balaban J connectivity index is 1.93. The molecule has 2 aliphatic rings. The molecule has 0 aliphatic carbocycles. The molecule has 0 unspecified atom stereocenters. The number of benzene rings is 1. The topological polar surface area (TPSA) is 21.3 Å². The molecule has 2 heterocycles. The van der Waals surface area contributed by atoms with Gasteiger partial charge in [0.1, 0.15) is 0 Å². The van der Waals surface area contributed by atoms with E-state index in [1.807, 2.05) is 0 Å². The van der Waals surface area contributed by atoms with Crippen LogP contribution in [0.1, 0.15) is 18.4 Å². The average molecular weight is 296 g/mol. The Labute approximate surface area is 111 Å². The molecule has 3 rings (SSSR count). The number of hydrogen-bond donors (Lipinski definition) is 1. The summed E-state index contributed by atoms with van der Waals surface area (Å²) in [4.78, 5) is 0. The maximum atomic E-state index is 5.56. The minimum absolute atomic E-state index is 0.266. The Kier molecular flexibility index (Phi) is 3.24. The van der Waals surface area contributed by atoms with Gasteiger partial charge in [0.2, 0.25) is 0 Å². The minimum atomic E-state index is 0.266. The van der Waals surface area contributed by atoms with Crippen molar-refractivity contribution in [3.63, 3.8) is 0 Å². The molecule has 0 atom stereocenters. The van der Waals surface area contributed by atoms with Crippen molar-refractivity contribution in [2.45, 2.75) is 18.3 Å². The standard InChI is InChI=1S/C14H18BrNO/c15-13-4-2-1-3-12(13)14(9-17-10-14)11-5-7-16-8-6-11/h1-4,11,16H,5-10H2. The van der Waals surface area contributed by atoms with Crippen molar-refractivity contribution in [1.29, 1.82) is 0 Å². The van der Waals surface area contributed by atoms with Gasteiger partial charge in [-0.05, 0) is 43.5 Å². The van der Waals surface area contributed by atoms with Gasteiger partial charge in [0.15, 0.2) is 0 Å². The van der Waals surface area contributed by atoms with Gasteiger partial charge in [0, 0.05) is 9.89 Å². The molecule has 2 fully saturated rings. The van der Waals surface area contributed by atoms with Crippen LogP contribution in [0.15, 0.2) is 28.7 Å². The Morgan fingerprint density at radius 3 is 2.47 bits per heavy atom. The molecule has 2 nitrogen and oxygen atoms in total. The quantitative estimate of drug-likeness (QED) is 0.906. The van der Waals surface area contributed by atoms with Crippen LogP contribution < -0.4 is 5.32 Å². The lowest BCUT2D eigenvalue weighted by Gasteiger charge is -2.49. The molecular formula is C14H18BrNO. The molecule has 0 amide bonds. The Morgan fingerprint density at radius 2 is 1.88 bits per heavy atom. The normalized spacial score (nSPS) is 24.3. The van der Waals surface area contributed by atoms with E-state index in [0.717, 1.165) is 32.2 Å². The zero-order chi connectivity index (χ0) is 11.7. The van der Waals surface area contributed by atoms with E-state index in [4.69, 9.17) is 4.74 Å². The smallest absolute Gasteiger partial charge is 0.0588 e. The highest BCUT2D eigenvalue weighted by atomic mass is 79.9. The summed E-state index contributed by atoms with van der Waals surface area (Å²) in [5.41, 5.74) is 1.71. The van der Waals surface area contributed by atoms with Crippen LogP contribution in [0.5, 0.6) is 0 Å². The molecule has 1 N–H and O–H groups in total. The van der Waals surface area contributed by atoms with Gasteiger partial charge in [0.25, 0.3) is 0 Å². The van der Waals surface area contributed by atoms with Gasteiger partial charge in [-0.3, -0.25) is 0 Å². The fraction of sp³-hybridized carbons (Fsp3) is 0.571. The van der Waals surface area contributed by atoms with Crippen molar-refractivity contribution in [2.75, 3.05) is 26.3 Å². The number of piperidine rings is 1. The molecule has 0 radical (unpaired) electrons. The Morgan fingerprint density at radius 1 is 1.18 bits per heavy atom. The van der Waals surface area contributed by atoms with Crippen molar-refractivity contribution in [2.24, 2.45) is 5.92 Å². The summed E-state index contributed by atoms with van der Waals surface area (Å²) in [6, 6.07) is 8.63. The zero-order valence-corrected chi connectivity index (χ0v) is 11.5. The van der Waals surface area contributed by atoms with Crippen molar-refractivity contribution < 1.29 is 4.74 Å². The van der Waals surface area contributed by atoms with E-state index in [-0.39, 0.29) is 5.41 Å². The summed E-state index contributed by atoms with van der Waals surface area (Å²) in [6.07, 6.45) is 2.54. The van der Waals surface area contributed by atoms with Gasteiger partial charge < -0.3 is 10.1 Å². The second kappa shape index (κ2) is 4.71. The molecule has 92 valence electrons. The highest BCUT2D eigenvalue weighted by Crippen LogP contribution is 2.45. The first-order chi connectivity index (χ1) is 8.33. The number of nitrogens with one attached hydrogen (secondary N) is 1. The zero-order valence-electron chi connectivity index (χ0n) is 9.92. The minimum Gasteiger partial charge on any atom is -0.379 e. The first-order valence-corrected chi connectivity index (χ1v) is 7.16. The molecule has 0 saturated carbocycles. The number of rotatable bonds is 2. The van der Waals surface area contributed by atoms with Crippen LogP contribution in [0.4, 0.5) is 0 Å². The van der Waals surface area contributed by atoms with Crippen molar-refractivity contribution in [3.8, 4) is 0 Å². The van der Waals surface area contributed by atoms with Gasteiger partial charge >= 0.3 is 0 Å². The fourth-order valence-corrected chi connectivity index (χ4v) is 3.85. The molecule has 1 aromatic carbocycles. The van der Waals surface area contributed by atoms with E-state index in [0.29, 0.717) is 0 Å². The maximum Gasteiger partial charge on any atom is 0.0588 e. The maximum absolute atomic E-state index is 5.56. The van der Waals surface area contributed by atoms with Gasteiger partial charge in [-0.25, -0.2) is 0 Å². The average Bonchev–Trinajstić information content (AvgIpc) is 2.32. The third-order valence-corrected chi connectivity index (χ3v) is 4.94. The summed E-state index contributed by atoms with van der Waals surface area (Å²) in [5, 5.41) is 3.45.